The molecule has 0 saturated heterocycles. The lowest BCUT2D eigenvalue weighted by molar-refractivity contribution is 0.392. The molecule has 9 heteroatoms. The van der Waals surface area contributed by atoms with Crippen LogP contribution in [0.2, 0.25) is 0 Å². The minimum Gasteiger partial charge on any atom is -0.497 e. The second-order valence-electron chi connectivity index (χ2n) is 6.04. The predicted molar refractivity (Wildman–Crippen MR) is 105 cm³/mol. The van der Waals surface area contributed by atoms with Crippen LogP contribution >= 0.6 is 0 Å². The lowest BCUT2D eigenvalue weighted by Gasteiger charge is -2.12. The highest BCUT2D eigenvalue weighted by atomic mass is 32.2. The number of rotatable bonds is 8. The highest BCUT2D eigenvalue weighted by molar-refractivity contribution is 7.89. The molecule has 8 nitrogen and oxygen atoms in total. The number of hydrogen-bond acceptors (Lipinski definition) is 6. The van der Waals surface area contributed by atoms with E-state index >= 15 is 0 Å². The van der Waals surface area contributed by atoms with Crippen LogP contribution in [-0.4, -0.2) is 43.9 Å². The van der Waals surface area contributed by atoms with Gasteiger partial charge < -0.3 is 9.47 Å². The molecule has 0 aliphatic rings. The molecule has 2 aromatic heterocycles. The molecule has 0 fully saturated rings. The zero-order valence-electron chi connectivity index (χ0n) is 15.9. The number of sulfonamides is 1. The fourth-order valence-corrected chi connectivity index (χ4v) is 3.96. The van der Waals surface area contributed by atoms with E-state index in [1.807, 2.05) is 25.1 Å². The molecule has 0 atom stereocenters. The van der Waals surface area contributed by atoms with E-state index in [-0.39, 0.29) is 17.2 Å². The van der Waals surface area contributed by atoms with Gasteiger partial charge in [-0.15, -0.1) is 0 Å². The van der Waals surface area contributed by atoms with Crippen molar-refractivity contribution in [2.24, 2.45) is 0 Å². The van der Waals surface area contributed by atoms with Gasteiger partial charge in [0.1, 0.15) is 16.4 Å². The summed E-state index contributed by atoms with van der Waals surface area (Å²) in [5.74, 6) is 0.689. The van der Waals surface area contributed by atoms with E-state index in [1.54, 1.807) is 29.2 Å². The van der Waals surface area contributed by atoms with Gasteiger partial charge in [-0.3, -0.25) is 9.67 Å². The summed E-state index contributed by atoms with van der Waals surface area (Å²) >= 11 is 0. The first kappa shape index (κ1) is 19.8. The minimum atomic E-state index is -3.77. The predicted octanol–water partition coefficient (Wildman–Crippen LogP) is 2.25. The molecule has 3 rings (SSSR count). The average molecular weight is 402 g/mol. The third-order valence-electron chi connectivity index (χ3n) is 4.23. The van der Waals surface area contributed by atoms with Crippen LogP contribution in [0.25, 0.3) is 11.3 Å². The second-order valence-corrected chi connectivity index (χ2v) is 7.78. The Labute approximate surface area is 164 Å². The number of hydrogen-bond donors (Lipinski definition) is 1. The van der Waals surface area contributed by atoms with Crippen LogP contribution in [0.4, 0.5) is 0 Å². The Morgan fingerprint density at radius 3 is 2.50 bits per heavy atom. The van der Waals surface area contributed by atoms with E-state index in [9.17, 15) is 8.42 Å². The molecule has 1 aromatic carbocycles. The minimum absolute atomic E-state index is 0.0315. The fraction of sp³-hybridized carbons (Fsp3) is 0.263. The van der Waals surface area contributed by atoms with Crippen molar-refractivity contribution < 1.29 is 17.9 Å². The molecule has 3 aromatic rings. The van der Waals surface area contributed by atoms with Crippen molar-refractivity contribution in [2.45, 2.75) is 18.4 Å². The molecule has 0 saturated carbocycles. The standard InChI is InChI=1S/C19H22N4O4S/c1-14-12-17(15-6-8-20-9-7-15)22-23(14)11-10-21-28(24,25)19-13-16(26-2)4-5-18(19)27-3/h4-9,12-13,21H,10-11H2,1-3H3. The molecule has 0 bridgehead atoms. The van der Waals surface area contributed by atoms with Crippen molar-refractivity contribution in [1.29, 1.82) is 0 Å². The van der Waals surface area contributed by atoms with Crippen LogP contribution in [0.5, 0.6) is 11.5 Å². The number of nitrogens with zero attached hydrogens (tertiary/aromatic N) is 3. The number of benzene rings is 1. The van der Waals surface area contributed by atoms with Crippen LogP contribution in [0, 0.1) is 6.92 Å². The maximum Gasteiger partial charge on any atom is 0.244 e. The van der Waals surface area contributed by atoms with E-state index in [2.05, 4.69) is 14.8 Å². The molecular weight excluding hydrogens is 380 g/mol. The molecule has 1 N–H and O–H groups in total. The smallest absolute Gasteiger partial charge is 0.244 e. The summed E-state index contributed by atoms with van der Waals surface area (Å²) < 4.78 is 40.0. The van der Waals surface area contributed by atoms with E-state index in [1.165, 1.54) is 20.3 Å². The van der Waals surface area contributed by atoms with Crippen LogP contribution in [0.1, 0.15) is 5.69 Å². The van der Waals surface area contributed by atoms with Crippen molar-refractivity contribution in [1.82, 2.24) is 19.5 Å². The number of nitrogens with one attached hydrogen (secondary N) is 1. The number of pyridine rings is 1. The number of ether oxygens (including phenoxy) is 2. The zero-order valence-corrected chi connectivity index (χ0v) is 16.7. The normalized spacial score (nSPS) is 11.4. The number of methoxy groups -OCH3 is 2. The highest BCUT2D eigenvalue weighted by Gasteiger charge is 2.20. The summed E-state index contributed by atoms with van der Waals surface area (Å²) in [5.41, 5.74) is 2.71. The molecule has 2 heterocycles. The van der Waals surface area contributed by atoms with Crippen LogP contribution in [0.15, 0.2) is 53.7 Å². The summed E-state index contributed by atoms with van der Waals surface area (Å²) in [6, 6.07) is 10.3. The van der Waals surface area contributed by atoms with Gasteiger partial charge in [0.15, 0.2) is 0 Å². The summed E-state index contributed by atoms with van der Waals surface area (Å²) in [7, 11) is -0.865. The van der Waals surface area contributed by atoms with Gasteiger partial charge >= 0.3 is 0 Å². The van der Waals surface area contributed by atoms with Crippen LogP contribution in [-0.2, 0) is 16.6 Å². The van der Waals surface area contributed by atoms with Gasteiger partial charge in [0.25, 0.3) is 0 Å². The van der Waals surface area contributed by atoms with Crippen molar-refractivity contribution in [3.05, 3.63) is 54.5 Å². The summed E-state index contributed by atoms with van der Waals surface area (Å²) in [6.07, 6.45) is 3.42. The largest absolute Gasteiger partial charge is 0.497 e. The van der Waals surface area contributed by atoms with Crippen molar-refractivity contribution in [3.8, 4) is 22.8 Å². The first-order chi connectivity index (χ1) is 13.4. The van der Waals surface area contributed by atoms with Crippen LogP contribution in [0.3, 0.4) is 0 Å². The Balaban J connectivity index is 1.72. The molecule has 0 aliphatic heterocycles. The Morgan fingerprint density at radius 1 is 1.07 bits per heavy atom. The first-order valence-electron chi connectivity index (χ1n) is 8.61. The zero-order chi connectivity index (χ0) is 20.1. The molecule has 28 heavy (non-hydrogen) atoms. The van der Waals surface area contributed by atoms with E-state index in [0.717, 1.165) is 17.0 Å². The van der Waals surface area contributed by atoms with Gasteiger partial charge in [-0.1, -0.05) is 0 Å². The summed E-state index contributed by atoms with van der Waals surface area (Å²) in [4.78, 5) is 4.03. The van der Waals surface area contributed by atoms with Crippen molar-refractivity contribution in [2.75, 3.05) is 20.8 Å². The quantitative estimate of drug-likeness (QED) is 0.621. The molecule has 0 radical (unpaired) electrons. The molecule has 0 aliphatic carbocycles. The van der Waals surface area contributed by atoms with Crippen molar-refractivity contribution in [3.63, 3.8) is 0 Å². The topological polar surface area (TPSA) is 95.3 Å². The molecule has 0 unspecified atom stereocenters. The second kappa shape index (κ2) is 8.41. The van der Waals surface area contributed by atoms with E-state index in [0.29, 0.717) is 12.3 Å². The molecular formula is C19H22N4O4S. The van der Waals surface area contributed by atoms with E-state index < -0.39 is 10.0 Å². The van der Waals surface area contributed by atoms with Gasteiger partial charge in [-0.2, -0.15) is 5.10 Å². The van der Waals surface area contributed by atoms with Gasteiger partial charge in [-0.25, -0.2) is 13.1 Å². The Morgan fingerprint density at radius 2 is 1.82 bits per heavy atom. The molecule has 0 spiro atoms. The first-order valence-corrected chi connectivity index (χ1v) is 10.1. The monoisotopic (exact) mass is 402 g/mol. The highest BCUT2D eigenvalue weighted by Crippen LogP contribution is 2.28. The fourth-order valence-electron chi connectivity index (χ4n) is 2.76. The summed E-state index contributed by atoms with van der Waals surface area (Å²) in [5, 5.41) is 4.54. The van der Waals surface area contributed by atoms with Crippen LogP contribution < -0.4 is 14.2 Å². The lowest BCUT2D eigenvalue weighted by atomic mass is 10.2. The van der Waals surface area contributed by atoms with Gasteiger partial charge in [0.05, 0.1) is 26.5 Å². The third kappa shape index (κ3) is 4.32. The summed E-state index contributed by atoms with van der Waals surface area (Å²) in [6.45, 7) is 2.50. The maximum atomic E-state index is 12.7. The molecule has 148 valence electrons. The Kier molecular flexibility index (Phi) is 5.96. The van der Waals surface area contributed by atoms with E-state index in [4.69, 9.17) is 9.47 Å². The van der Waals surface area contributed by atoms with Gasteiger partial charge in [-0.05, 0) is 37.3 Å². The number of aryl methyl sites for hydroxylation is 1. The Hall–Kier alpha value is -2.91. The third-order valence-corrected chi connectivity index (χ3v) is 5.72. The molecule has 0 amide bonds. The van der Waals surface area contributed by atoms with Gasteiger partial charge in [0.2, 0.25) is 10.0 Å². The van der Waals surface area contributed by atoms with Crippen molar-refractivity contribution >= 4 is 10.0 Å². The lowest BCUT2D eigenvalue weighted by Crippen LogP contribution is -2.28. The SMILES string of the molecule is COc1ccc(OC)c(S(=O)(=O)NCCn2nc(-c3ccncc3)cc2C)c1. The maximum absolute atomic E-state index is 12.7. The van der Waals surface area contributed by atoms with Gasteiger partial charge in [0, 0.05) is 36.3 Å². The average Bonchev–Trinajstić information content (AvgIpc) is 3.08. The Bertz CT molecular complexity index is 1050. The number of aromatic nitrogens is 3.